The van der Waals surface area contributed by atoms with Crippen molar-refractivity contribution in [1.29, 1.82) is 0 Å². The van der Waals surface area contributed by atoms with Crippen LogP contribution in [-0.2, 0) is 5.41 Å². The molecule has 1 aliphatic rings. The van der Waals surface area contributed by atoms with Gasteiger partial charge in [-0.1, -0.05) is 19.1 Å². The minimum Gasteiger partial charge on any atom is -0.341 e. The normalized spacial score (nSPS) is 27.8. The molecule has 1 aromatic carbocycles. The van der Waals surface area contributed by atoms with Crippen molar-refractivity contribution in [2.45, 2.75) is 44.9 Å². The summed E-state index contributed by atoms with van der Waals surface area (Å²) in [5, 5.41) is 0. The molecule has 1 aromatic heterocycles. The molecule has 3 heteroatoms. The molecule has 1 saturated carbocycles. The number of nitrogens with one attached hydrogen (secondary N) is 1. The van der Waals surface area contributed by atoms with Crippen LogP contribution in [0.5, 0.6) is 0 Å². The van der Waals surface area contributed by atoms with Crippen molar-refractivity contribution >= 4 is 11.0 Å². The Morgan fingerprint density at radius 3 is 2.74 bits per heavy atom. The van der Waals surface area contributed by atoms with Crippen LogP contribution in [0.4, 0.5) is 0 Å². The third-order valence-electron chi connectivity index (χ3n) is 4.84. The molecule has 3 N–H and O–H groups in total. The summed E-state index contributed by atoms with van der Waals surface area (Å²) >= 11 is 0. The summed E-state index contributed by atoms with van der Waals surface area (Å²) < 4.78 is 0. The minimum atomic E-state index is 0.0674. The zero-order valence-electron chi connectivity index (χ0n) is 11.9. The van der Waals surface area contributed by atoms with Crippen molar-refractivity contribution in [1.82, 2.24) is 9.97 Å². The van der Waals surface area contributed by atoms with Gasteiger partial charge in [-0.05, 0) is 50.2 Å². The third-order valence-corrected chi connectivity index (χ3v) is 4.84. The first kappa shape index (κ1) is 12.7. The van der Waals surface area contributed by atoms with Crippen molar-refractivity contribution in [3.8, 4) is 0 Å². The fourth-order valence-corrected chi connectivity index (χ4v) is 3.28. The number of H-pyrrole nitrogens is 1. The Morgan fingerprint density at radius 2 is 2.11 bits per heavy atom. The Balaban J connectivity index is 2.04. The summed E-state index contributed by atoms with van der Waals surface area (Å²) in [6.45, 7) is 5.15. The zero-order chi connectivity index (χ0) is 13.5. The van der Waals surface area contributed by atoms with Crippen molar-refractivity contribution in [2.24, 2.45) is 11.7 Å². The lowest BCUT2D eigenvalue weighted by Crippen LogP contribution is -2.39. The summed E-state index contributed by atoms with van der Waals surface area (Å²) in [5.41, 5.74) is 9.66. The minimum absolute atomic E-state index is 0.0674. The average Bonchev–Trinajstić information content (AvgIpc) is 2.86. The lowest BCUT2D eigenvalue weighted by atomic mass is 9.70. The smallest absolute Gasteiger partial charge is 0.114 e. The number of fused-ring (bicyclic) bond motifs is 1. The van der Waals surface area contributed by atoms with E-state index in [4.69, 9.17) is 10.7 Å². The Morgan fingerprint density at radius 1 is 1.37 bits per heavy atom. The molecule has 0 amide bonds. The van der Waals surface area contributed by atoms with Crippen LogP contribution in [-0.4, -0.2) is 16.5 Å². The second kappa shape index (κ2) is 4.64. The van der Waals surface area contributed by atoms with Crippen LogP contribution in [0.1, 0.15) is 44.0 Å². The van der Waals surface area contributed by atoms with Gasteiger partial charge in [0.2, 0.25) is 0 Å². The monoisotopic (exact) mass is 257 g/mol. The quantitative estimate of drug-likeness (QED) is 0.867. The van der Waals surface area contributed by atoms with Gasteiger partial charge in [-0.3, -0.25) is 0 Å². The number of rotatable bonds is 2. The number of aryl methyl sites for hydroxylation is 1. The summed E-state index contributed by atoms with van der Waals surface area (Å²) in [4.78, 5) is 8.39. The van der Waals surface area contributed by atoms with Crippen molar-refractivity contribution in [3.05, 3.63) is 29.6 Å². The molecule has 2 aromatic rings. The van der Waals surface area contributed by atoms with Gasteiger partial charge in [-0.25, -0.2) is 4.98 Å². The molecule has 0 bridgehead atoms. The van der Waals surface area contributed by atoms with Crippen LogP contribution < -0.4 is 5.73 Å². The van der Waals surface area contributed by atoms with Crippen LogP contribution in [0.15, 0.2) is 18.2 Å². The number of aromatic amines is 1. The maximum atomic E-state index is 6.12. The van der Waals surface area contributed by atoms with Crippen LogP contribution in [0, 0.1) is 12.8 Å². The molecule has 0 atom stereocenters. The Labute approximate surface area is 114 Å². The topological polar surface area (TPSA) is 54.7 Å². The fraction of sp³-hybridized carbons (Fsp3) is 0.562. The van der Waals surface area contributed by atoms with E-state index in [1.54, 1.807) is 0 Å². The van der Waals surface area contributed by atoms with Gasteiger partial charge in [0.15, 0.2) is 0 Å². The molecule has 3 rings (SSSR count). The Bertz CT molecular complexity index is 577. The maximum absolute atomic E-state index is 6.12. The first-order chi connectivity index (χ1) is 9.14. The second-order valence-electron chi connectivity index (χ2n) is 6.22. The first-order valence-corrected chi connectivity index (χ1v) is 7.30. The number of imidazole rings is 1. The first-order valence-electron chi connectivity index (χ1n) is 7.30. The Kier molecular flexibility index (Phi) is 3.09. The number of aromatic nitrogens is 2. The number of hydrogen-bond acceptors (Lipinski definition) is 2. The summed E-state index contributed by atoms with van der Waals surface area (Å²) in [6, 6.07) is 6.30. The average molecular weight is 257 g/mol. The number of nitrogens with two attached hydrogens (primary N) is 1. The maximum Gasteiger partial charge on any atom is 0.114 e. The van der Waals surface area contributed by atoms with E-state index in [0.717, 1.165) is 35.6 Å². The predicted molar refractivity (Wildman–Crippen MR) is 79.2 cm³/mol. The van der Waals surface area contributed by atoms with Crippen LogP contribution in [0.3, 0.4) is 0 Å². The molecule has 0 aliphatic heterocycles. The van der Waals surface area contributed by atoms with Gasteiger partial charge in [0.05, 0.1) is 11.0 Å². The highest BCUT2D eigenvalue weighted by Gasteiger charge is 2.37. The predicted octanol–water partition coefficient (Wildman–Crippen LogP) is 3.28. The largest absolute Gasteiger partial charge is 0.341 e. The molecule has 1 fully saturated rings. The number of benzene rings is 1. The highest BCUT2D eigenvalue weighted by molar-refractivity contribution is 5.78. The van der Waals surface area contributed by atoms with Crippen molar-refractivity contribution in [2.75, 3.05) is 6.54 Å². The van der Waals surface area contributed by atoms with Crippen LogP contribution >= 0.6 is 0 Å². The van der Waals surface area contributed by atoms with E-state index in [-0.39, 0.29) is 5.41 Å². The molecule has 0 spiro atoms. The van der Waals surface area contributed by atoms with E-state index in [1.807, 2.05) is 0 Å². The van der Waals surface area contributed by atoms with Gasteiger partial charge >= 0.3 is 0 Å². The lowest BCUT2D eigenvalue weighted by Gasteiger charge is -2.36. The van der Waals surface area contributed by atoms with Gasteiger partial charge in [0, 0.05) is 12.0 Å². The highest BCUT2D eigenvalue weighted by atomic mass is 15.0. The number of hydrogen-bond donors (Lipinski definition) is 2. The van der Waals surface area contributed by atoms with E-state index in [9.17, 15) is 0 Å². The Hall–Kier alpha value is -1.35. The van der Waals surface area contributed by atoms with E-state index < -0.39 is 0 Å². The van der Waals surface area contributed by atoms with Crippen molar-refractivity contribution < 1.29 is 0 Å². The van der Waals surface area contributed by atoms with Crippen LogP contribution in [0.2, 0.25) is 0 Å². The summed E-state index contributed by atoms with van der Waals surface area (Å²) in [7, 11) is 0. The van der Waals surface area contributed by atoms with E-state index in [2.05, 4.69) is 37.0 Å². The van der Waals surface area contributed by atoms with Gasteiger partial charge < -0.3 is 10.7 Å². The zero-order valence-corrected chi connectivity index (χ0v) is 11.9. The van der Waals surface area contributed by atoms with E-state index >= 15 is 0 Å². The lowest BCUT2D eigenvalue weighted by molar-refractivity contribution is 0.238. The van der Waals surface area contributed by atoms with Gasteiger partial charge in [-0.2, -0.15) is 0 Å². The van der Waals surface area contributed by atoms with E-state index in [1.165, 1.54) is 18.4 Å². The molecule has 0 saturated heterocycles. The highest BCUT2D eigenvalue weighted by Crippen LogP contribution is 2.40. The van der Waals surface area contributed by atoms with Crippen LogP contribution in [0.25, 0.3) is 11.0 Å². The second-order valence-corrected chi connectivity index (χ2v) is 6.22. The molecule has 102 valence electrons. The molecule has 0 radical (unpaired) electrons. The SMILES string of the molecule is Cc1cccc2[nH]c(C3(CN)CCC(C)CC3)nc12. The van der Waals surface area contributed by atoms with Gasteiger partial charge in [-0.15, -0.1) is 0 Å². The van der Waals surface area contributed by atoms with Gasteiger partial charge in [0.1, 0.15) is 5.82 Å². The molecule has 1 heterocycles. The molecule has 1 aliphatic carbocycles. The van der Waals surface area contributed by atoms with Gasteiger partial charge in [0.25, 0.3) is 0 Å². The fourth-order valence-electron chi connectivity index (χ4n) is 3.28. The van der Waals surface area contributed by atoms with Crippen molar-refractivity contribution in [3.63, 3.8) is 0 Å². The third kappa shape index (κ3) is 2.06. The summed E-state index contributed by atoms with van der Waals surface area (Å²) in [5.74, 6) is 1.93. The standard InChI is InChI=1S/C16H23N3/c1-11-6-8-16(10-17,9-7-11)15-18-13-5-3-4-12(2)14(13)19-15/h3-5,11H,6-10,17H2,1-2H3,(H,18,19). The summed E-state index contributed by atoms with van der Waals surface area (Å²) in [6.07, 6.45) is 4.83. The molecular weight excluding hydrogens is 234 g/mol. The molecule has 19 heavy (non-hydrogen) atoms. The molecular formula is C16H23N3. The van der Waals surface area contributed by atoms with E-state index in [0.29, 0.717) is 6.54 Å². The molecule has 0 unspecified atom stereocenters. The number of para-hydroxylation sites is 1. The number of nitrogens with zero attached hydrogens (tertiary/aromatic N) is 1. The molecule has 3 nitrogen and oxygen atoms in total.